The molecule has 1 atom stereocenters. The Kier molecular flexibility index (Phi) is 5.00. The number of carbonyl (C=O) groups excluding carboxylic acids is 1. The van der Waals surface area contributed by atoms with Gasteiger partial charge < -0.3 is 10.0 Å². The normalized spacial score (nSPS) is 16.9. The molecule has 0 bridgehead atoms. The van der Waals surface area contributed by atoms with Crippen molar-refractivity contribution in [1.29, 1.82) is 0 Å². The molecule has 126 valence electrons. The summed E-state index contributed by atoms with van der Waals surface area (Å²) in [6, 6.07) is 15.8. The van der Waals surface area contributed by atoms with Crippen LogP contribution in [0.2, 0.25) is 0 Å². The van der Waals surface area contributed by atoms with Crippen molar-refractivity contribution in [1.82, 2.24) is 4.90 Å². The average Bonchev–Trinajstić information content (AvgIpc) is 2.60. The molecule has 2 aromatic rings. The molecule has 1 aliphatic rings. The van der Waals surface area contributed by atoms with E-state index in [1.165, 1.54) is 0 Å². The predicted octanol–water partition coefficient (Wildman–Crippen LogP) is 3.89. The van der Waals surface area contributed by atoms with Gasteiger partial charge in [-0.3, -0.25) is 4.79 Å². The van der Waals surface area contributed by atoms with Gasteiger partial charge in [-0.2, -0.15) is 0 Å². The number of carbonyl (C=O) groups is 1. The van der Waals surface area contributed by atoms with E-state index < -0.39 is 6.10 Å². The number of piperidine rings is 1. The quantitative estimate of drug-likeness (QED) is 0.931. The first kappa shape index (κ1) is 16.7. The van der Waals surface area contributed by atoms with Crippen LogP contribution in [0, 0.1) is 19.8 Å². The minimum atomic E-state index is -0.440. The Morgan fingerprint density at radius 1 is 1.04 bits per heavy atom. The van der Waals surface area contributed by atoms with Crippen LogP contribution in [0.3, 0.4) is 0 Å². The Morgan fingerprint density at radius 3 is 2.21 bits per heavy atom. The lowest BCUT2D eigenvalue weighted by atomic mass is 9.87. The number of nitrogens with zero attached hydrogens (tertiary/aromatic N) is 1. The van der Waals surface area contributed by atoms with Crippen molar-refractivity contribution < 1.29 is 9.90 Å². The van der Waals surface area contributed by atoms with Crippen LogP contribution in [0.1, 0.15) is 46.0 Å². The van der Waals surface area contributed by atoms with Gasteiger partial charge in [0.1, 0.15) is 0 Å². The van der Waals surface area contributed by atoms with Gasteiger partial charge in [0, 0.05) is 18.7 Å². The number of amides is 1. The first-order valence-electron chi connectivity index (χ1n) is 8.65. The fraction of sp³-hybridized carbons (Fsp3) is 0.381. The third-order valence-corrected chi connectivity index (χ3v) is 4.88. The summed E-state index contributed by atoms with van der Waals surface area (Å²) in [5, 5.41) is 10.6. The molecule has 1 N–H and O–H groups in total. The van der Waals surface area contributed by atoms with E-state index in [0.29, 0.717) is 13.1 Å². The fourth-order valence-electron chi connectivity index (χ4n) is 3.62. The van der Waals surface area contributed by atoms with E-state index in [4.69, 9.17) is 0 Å². The molecule has 0 aromatic heterocycles. The number of benzene rings is 2. The molecule has 1 amide bonds. The fourth-order valence-corrected chi connectivity index (χ4v) is 3.62. The van der Waals surface area contributed by atoms with Crippen molar-refractivity contribution in [2.75, 3.05) is 13.1 Å². The number of likely N-dealkylation sites (tertiary alicyclic amines) is 1. The van der Waals surface area contributed by atoms with E-state index in [2.05, 4.69) is 6.07 Å². The highest BCUT2D eigenvalue weighted by molar-refractivity contribution is 5.94. The van der Waals surface area contributed by atoms with E-state index in [-0.39, 0.29) is 11.8 Å². The summed E-state index contributed by atoms with van der Waals surface area (Å²) in [5.41, 5.74) is 3.98. The van der Waals surface area contributed by atoms with Gasteiger partial charge in [-0.05, 0) is 50.3 Å². The van der Waals surface area contributed by atoms with Gasteiger partial charge >= 0.3 is 0 Å². The second kappa shape index (κ2) is 7.18. The van der Waals surface area contributed by atoms with Gasteiger partial charge in [-0.25, -0.2) is 0 Å². The van der Waals surface area contributed by atoms with Crippen LogP contribution >= 0.6 is 0 Å². The smallest absolute Gasteiger partial charge is 0.253 e. The molecule has 0 radical (unpaired) electrons. The van der Waals surface area contributed by atoms with Crippen molar-refractivity contribution in [2.24, 2.45) is 5.92 Å². The molecule has 24 heavy (non-hydrogen) atoms. The zero-order valence-corrected chi connectivity index (χ0v) is 14.4. The largest absolute Gasteiger partial charge is 0.388 e. The number of rotatable bonds is 3. The van der Waals surface area contributed by atoms with Crippen LogP contribution in [0.15, 0.2) is 48.5 Å². The Bertz CT molecular complexity index is 683. The van der Waals surface area contributed by atoms with Gasteiger partial charge in [0.2, 0.25) is 0 Å². The molecule has 1 fully saturated rings. The zero-order valence-electron chi connectivity index (χ0n) is 14.4. The Balaban J connectivity index is 1.63. The molecule has 2 aromatic carbocycles. The highest BCUT2D eigenvalue weighted by Gasteiger charge is 2.28. The van der Waals surface area contributed by atoms with Gasteiger partial charge in [0.05, 0.1) is 6.10 Å². The Morgan fingerprint density at radius 2 is 1.62 bits per heavy atom. The molecule has 0 saturated carbocycles. The Hall–Kier alpha value is -2.13. The molecular weight excluding hydrogens is 298 g/mol. The summed E-state index contributed by atoms with van der Waals surface area (Å²) >= 11 is 0. The van der Waals surface area contributed by atoms with E-state index in [0.717, 1.165) is 35.1 Å². The third kappa shape index (κ3) is 3.68. The summed E-state index contributed by atoms with van der Waals surface area (Å²) < 4.78 is 0. The molecule has 3 nitrogen and oxygen atoms in total. The van der Waals surface area contributed by atoms with E-state index in [9.17, 15) is 9.90 Å². The minimum absolute atomic E-state index is 0.106. The summed E-state index contributed by atoms with van der Waals surface area (Å²) in [7, 11) is 0. The van der Waals surface area contributed by atoms with Gasteiger partial charge in [-0.15, -0.1) is 0 Å². The molecule has 1 aliphatic heterocycles. The molecule has 0 aliphatic carbocycles. The van der Waals surface area contributed by atoms with Gasteiger partial charge in [-0.1, -0.05) is 47.5 Å². The topological polar surface area (TPSA) is 40.5 Å². The molecule has 3 rings (SSSR count). The molecule has 3 heteroatoms. The molecular formula is C21H25NO2. The number of aliphatic hydroxyl groups is 1. The minimum Gasteiger partial charge on any atom is -0.388 e. The van der Waals surface area contributed by atoms with Crippen molar-refractivity contribution in [3.63, 3.8) is 0 Å². The van der Waals surface area contributed by atoms with Gasteiger partial charge in [0.15, 0.2) is 0 Å². The first-order chi connectivity index (χ1) is 11.5. The lowest BCUT2D eigenvalue weighted by Crippen LogP contribution is -2.39. The second-order valence-electron chi connectivity index (χ2n) is 6.86. The third-order valence-electron chi connectivity index (χ3n) is 4.88. The second-order valence-corrected chi connectivity index (χ2v) is 6.86. The summed E-state index contributed by atoms with van der Waals surface area (Å²) in [4.78, 5) is 14.6. The van der Waals surface area contributed by atoms with Crippen molar-refractivity contribution in [3.05, 3.63) is 70.8 Å². The maximum Gasteiger partial charge on any atom is 0.253 e. The number of hydrogen-bond acceptors (Lipinski definition) is 2. The molecule has 1 saturated heterocycles. The lowest BCUT2D eigenvalue weighted by molar-refractivity contribution is 0.0462. The van der Waals surface area contributed by atoms with Crippen molar-refractivity contribution in [2.45, 2.75) is 32.8 Å². The highest BCUT2D eigenvalue weighted by Crippen LogP contribution is 2.31. The number of aliphatic hydroxyl groups excluding tert-OH is 1. The Labute approximate surface area is 143 Å². The summed E-state index contributed by atoms with van der Waals surface area (Å²) in [5.74, 6) is 0.324. The predicted molar refractivity (Wildman–Crippen MR) is 95.9 cm³/mol. The van der Waals surface area contributed by atoms with Crippen LogP contribution < -0.4 is 0 Å². The van der Waals surface area contributed by atoms with Crippen LogP contribution in [0.5, 0.6) is 0 Å². The summed E-state index contributed by atoms with van der Waals surface area (Å²) in [6.07, 6.45) is 1.24. The lowest BCUT2D eigenvalue weighted by Gasteiger charge is -2.34. The number of aryl methyl sites for hydroxylation is 2. The number of hydrogen-bond donors (Lipinski definition) is 1. The van der Waals surface area contributed by atoms with Crippen LogP contribution in [0.25, 0.3) is 0 Å². The maximum atomic E-state index is 12.7. The van der Waals surface area contributed by atoms with E-state index in [1.54, 1.807) is 0 Å². The molecule has 1 unspecified atom stereocenters. The van der Waals surface area contributed by atoms with Gasteiger partial charge in [0.25, 0.3) is 5.91 Å². The highest BCUT2D eigenvalue weighted by atomic mass is 16.3. The average molecular weight is 323 g/mol. The molecule has 1 heterocycles. The molecule has 0 spiro atoms. The first-order valence-corrected chi connectivity index (χ1v) is 8.65. The zero-order chi connectivity index (χ0) is 17.1. The van der Waals surface area contributed by atoms with E-state index in [1.807, 2.05) is 61.2 Å². The van der Waals surface area contributed by atoms with Crippen LogP contribution in [0.4, 0.5) is 0 Å². The monoisotopic (exact) mass is 323 g/mol. The SMILES string of the molecule is Cc1cc(C)cc(C(=O)N2CCC(C(O)c3ccccc3)CC2)c1. The van der Waals surface area contributed by atoms with E-state index >= 15 is 0 Å². The summed E-state index contributed by atoms with van der Waals surface area (Å²) in [6.45, 7) is 5.46. The van der Waals surface area contributed by atoms with Crippen LogP contribution in [-0.2, 0) is 0 Å². The maximum absolute atomic E-state index is 12.7. The standard InChI is InChI=1S/C21H25NO2/c1-15-12-16(2)14-19(13-15)21(24)22-10-8-18(9-11-22)20(23)17-6-4-3-5-7-17/h3-7,12-14,18,20,23H,8-11H2,1-2H3. The van der Waals surface area contributed by atoms with Crippen molar-refractivity contribution >= 4 is 5.91 Å². The van der Waals surface area contributed by atoms with Crippen molar-refractivity contribution in [3.8, 4) is 0 Å². The van der Waals surface area contributed by atoms with Crippen LogP contribution in [-0.4, -0.2) is 29.0 Å².